The Hall–Kier alpha value is -1.29. The van der Waals surface area contributed by atoms with E-state index in [0.29, 0.717) is 0 Å². The minimum Gasteiger partial charge on any atom is -0.325 e. The molecule has 2 rings (SSSR count). The normalized spacial score (nSPS) is 10.4. The van der Waals surface area contributed by atoms with Crippen LogP contribution in [0.25, 0.3) is 10.2 Å². The second kappa shape index (κ2) is 2.64. The third-order valence-electron chi connectivity index (χ3n) is 1.71. The van der Waals surface area contributed by atoms with Gasteiger partial charge in [-0.25, -0.2) is 4.68 Å². The summed E-state index contributed by atoms with van der Waals surface area (Å²) in [4.78, 5) is 11.3. The molecule has 2 aromatic rings. The van der Waals surface area contributed by atoms with Crippen LogP contribution in [0.2, 0.25) is 0 Å². The minimum absolute atomic E-state index is 0.0266. The lowest BCUT2D eigenvalue weighted by Crippen LogP contribution is -2.20. The largest absolute Gasteiger partial charge is 0.326 e. The first kappa shape index (κ1) is 7.36. The molecular formula is C8H8N2OS. The summed E-state index contributed by atoms with van der Waals surface area (Å²) in [7, 11) is 1.74. The van der Waals surface area contributed by atoms with Crippen LogP contribution < -0.4 is 10.3 Å². The Morgan fingerprint density at radius 1 is 1.42 bits per heavy atom. The van der Waals surface area contributed by atoms with Gasteiger partial charge < -0.3 is 5.43 Å². The topological polar surface area (TPSA) is 34.0 Å². The van der Waals surface area contributed by atoms with Crippen LogP contribution in [0.1, 0.15) is 0 Å². The second-order valence-corrected chi connectivity index (χ2v) is 3.39. The highest BCUT2D eigenvalue weighted by molar-refractivity contribution is 7.16. The van der Waals surface area contributed by atoms with Crippen LogP contribution in [0.3, 0.4) is 0 Å². The maximum Gasteiger partial charge on any atom is 0.326 e. The predicted molar refractivity (Wildman–Crippen MR) is 51.4 cm³/mol. The van der Waals surface area contributed by atoms with E-state index in [4.69, 9.17) is 0 Å². The van der Waals surface area contributed by atoms with Crippen molar-refractivity contribution in [2.24, 2.45) is 0 Å². The van der Waals surface area contributed by atoms with Crippen LogP contribution in [0, 0.1) is 0 Å². The third-order valence-corrected chi connectivity index (χ3v) is 2.63. The monoisotopic (exact) mass is 180 g/mol. The van der Waals surface area contributed by atoms with Gasteiger partial charge in [-0.3, -0.25) is 4.79 Å². The molecule has 0 radical (unpaired) electrons. The Morgan fingerprint density at radius 2 is 2.17 bits per heavy atom. The molecule has 0 saturated heterocycles. The molecule has 1 aromatic carbocycles. The Morgan fingerprint density at radius 3 is 2.92 bits per heavy atom. The number of thiazole rings is 1. The molecule has 0 aliphatic rings. The van der Waals surface area contributed by atoms with Crippen LogP contribution in [-0.2, 0) is 0 Å². The molecule has 1 aromatic heterocycles. The summed E-state index contributed by atoms with van der Waals surface area (Å²) in [6.07, 6.45) is 0. The van der Waals surface area contributed by atoms with Gasteiger partial charge in [0.05, 0.1) is 10.2 Å². The van der Waals surface area contributed by atoms with Crippen molar-refractivity contribution < 1.29 is 0 Å². The van der Waals surface area contributed by atoms with Gasteiger partial charge in [0.15, 0.2) is 0 Å². The maximum atomic E-state index is 11.3. The summed E-state index contributed by atoms with van der Waals surface area (Å²) in [5.74, 6) is 0. The van der Waals surface area contributed by atoms with Gasteiger partial charge in [-0.05, 0) is 12.1 Å². The first-order valence-corrected chi connectivity index (χ1v) is 4.43. The Kier molecular flexibility index (Phi) is 1.62. The van der Waals surface area contributed by atoms with Crippen molar-refractivity contribution in [2.45, 2.75) is 0 Å². The van der Waals surface area contributed by atoms with Crippen molar-refractivity contribution in [3.63, 3.8) is 0 Å². The molecule has 0 amide bonds. The van der Waals surface area contributed by atoms with Gasteiger partial charge in [0, 0.05) is 7.05 Å². The maximum absolute atomic E-state index is 11.3. The average molecular weight is 180 g/mol. The van der Waals surface area contributed by atoms with Crippen molar-refractivity contribution in [1.29, 1.82) is 0 Å². The molecule has 1 N–H and O–H groups in total. The molecule has 0 aliphatic carbocycles. The third kappa shape index (κ3) is 0.921. The fraction of sp³-hybridized carbons (Fsp3) is 0.125. The molecule has 0 aliphatic heterocycles. The molecular weight excluding hydrogens is 172 g/mol. The smallest absolute Gasteiger partial charge is 0.325 e. The Bertz CT molecular complexity index is 457. The van der Waals surface area contributed by atoms with E-state index in [0.717, 1.165) is 10.2 Å². The van der Waals surface area contributed by atoms with Crippen LogP contribution in [0.5, 0.6) is 0 Å². The van der Waals surface area contributed by atoms with E-state index < -0.39 is 0 Å². The first-order chi connectivity index (χ1) is 5.83. The molecule has 12 heavy (non-hydrogen) atoms. The number of hydrogen-bond acceptors (Lipinski definition) is 3. The van der Waals surface area contributed by atoms with Gasteiger partial charge in [-0.15, -0.1) is 0 Å². The fourth-order valence-corrected chi connectivity index (χ4v) is 2.06. The zero-order valence-corrected chi connectivity index (χ0v) is 7.39. The molecule has 4 heteroatoms. The highest BCUT2D eigenvalue weighted by Gasteiger charge is 2.03. The van der Waals surface area contributed by atoms with Crippen molar-refractivity contribution in [3.8, 4) is 0 Å². The summed E-state index contributed by atoms with van der Waals surface area (Å²) in [5.41, 5.74) is 3.77. The number of aromatic nitrogens is 1. The Balaban J connectivity index is 2.91. The number of nitrogens with one attached hydrogen (secondary N) is 1. The number of benzene rings is 1. The van der Waals surface area contributed by atoms with Gasteiger partial charge in [0.2, 0.25) is 0 Å². The van der Waals surface area contributed by atoms with Gasteiger partial charge in [0.25, 0.3) is 0 Å². The molecule has 0 spiro atoms. The number of rotatable bonds is 1. The quantitative estimate of drug-likeness (QED) is 0.716. The van der Waals surface area contributed by atoms with E-state index in [2.05, 4.69) is 5.43 Å². The Labute approximate surface area is 73.2 Å². The molecule has 0 fully saturated rings. The molecule has 62 valence electrons. The number of nitrogens with zero attached hydrogens (tertiary/aromatic N) is 1. The number of hydrogen-bond donors (Lipinski definition) is 1. The molecule has 0 saturated carbocycles. The van der Waals surface area contributed by atoms with Crippen LogP contribution in [-0.4, -0.2) is 11.7 Å². The number of fused-ring (bicyclic) bond motifs is 1. The summed E-state index contributed by atoms with van der Waals surface area (Å²) in [6, 6.07) is 7.71. The zero-order valence-electron chi connectivity index (χ0n) is 6.57. The summed E-state index contributed by atoms with van der Waals surface area (Å²) in [6.45, 7) is 0. The molecule has 1 heterocycles. The highest BCUT2D eigenvalue weighted by atomic mass is 32.1. The van der Waals surface area contributed by atoms with E-state index >= 15 is 0 Å². The lowest BCUT2D eigenvalue weighted by molar-refractivity contribution is 0.948. The summed E-state index contributed by atoms with van der Waals surface area (Å²) in [5, 5.41) is 0. The SMILES string of the molecule is CNn1c(=O)sc2ccccc21. The highest BCUT2D eigenvalue weighted by Crippen LogP contribution is 2.14. The lowest BCUT2D eigenvalue weighted by atomic mass is 10.3. The van der Waals surface area contributed by atoms with Gasteiger partial charge in [-0.1, -0.05) is 23.5 Å². The van der Waals surface area contributed by atoms with Crippen molar-refractivity contribution in [3.05, 3.63) is 33.9 Å². The van der Waals surface area contributed by atoms with Crippen molar-refractivity contribution >= 4 is 21.6 Å². The van der Waals surface area contributed by atoms with E-state index in [1.54, 1.807) is 11.7 Å². The van der Waals surface area contributed by atoms with E-state index in [1.165, 1.54) is 11.3 Å². The van der Waals surface area contributed by atoms with Crippen LogP contribution in [0.15, 0.2) is 29.1 Å². The van der Waals surface area contributed by atoms with E-state index in [-0.39, 0.29) is 4.87 Å². The molecule has 3 nitrogen and oxygen atoms in total. The van der Waals surface area contributed by atoms with Crippen LogP contribution >= 0.6 is 11.3 Å². The van der Waals surface area contributed by atoms with Gasteiger partial charge in [-0.2, -0.15) is 0 Å². The van der Waals surface area contributed by atoms with Crippen molar-refractivity contribution in [1.82, 2.24) is 4.68 Å². The average Bonchev–Trinajstić information content (AvgIpc) is 2.40. The lowest BCUT2D eigenvalue weighted by Gasteiger charge is -1.98. The molecule has 0 unspecified atom stereocenters. The van der Waals surface area contributed by atoms with E-state index in [1.807, 2.05) is 24.3 Å². The molecule has 0 atom stereocenters. The number of para-hydroxylation sites is 1. The minimum atomic E-state index is 0.0266. The fourth-order valence-electron chi connectivity index (χ4n) is 1.18. The second-order valence-electron chi connectivity index (χ2n) is 2.39. The van der Waals surface area contributed by atoms with Gasteiger partial charge >= 0.3 is 4.87 Å². The summed E-state index contributed by atoms with van der Waals surface area (Å²) < 4.78 is 2.55. The summed E-state index contributed by atoms with van der Waals surface area (Å²) >= 11 is 1.25. The van der Waals surface area contributed by atoms with Crippen molar-refractivity contribution in [2.75, 3.05) is 12.5 Å². The van der Waals surface area contributed by atoms with E-state index in [9.17, 15) is 4.79 Å². The van der Waals surface area contributed by atoms with Crippen LogP contribution in [0.4, 0.5) is 0 Å². The van der Waals surface area contributed by atoms with Gasteiger partial charge in [0.1, 0.15) is 0 Å². The molecule has 0 bridgehead atoms. The zero-order chi connectivity index (χ0) is 8.55. The first-order valence-electron chi connectivity index (χ1n) is 3.61. The standard InChI is InChI=1S/C8H8N2OS/c1-9-10-6-4-2-3-5-7(6)12-8(10)11/h2-5,9H,1H3. The predicted octanol–water partition coefficient (Wildman–Crippen LogP) is 1.24.